The van der Waals surface area contributed by atoms with E-state index in [1.165, 1.54) is 0 Å². The molecule has 0 saturated carbocycles. The van der Waals surface area contributed by atoms with Gasteiger partial charge in [0.15, 0.2) is 0 Å². The molecular formula is C10H15N. The van der Waals surface area contributed by atoms with Gasteiger partial charge in [-0.15, -0.1) is 0 Å². The summed E-state index contributed by atoms with van der Waals surface area (Å²) in [5, 5.41) is 0. The number of allylic oxidation sites excluding steroid dienone is 5. The topological polar surface area (TPSA) is 12.4 Å². The molecule has 0 aliphatic carbocycles. The van der Waals surface area contributed by atoms with Crippen LogP contribution in [-0.4, -0.2) is 12.8 Å². The molecule has 0 unspecified atom stereocenters. The number of hydrogen-bond acceptors (Lipinski definition) is 1. The van der Waals surface area contributed by atoms with Crippen molar-refractivity contribution in [1.29, 1.82) is 0 Å². The van der Waals surface area contributed by atoms with Crippen molar-refractivity contribution >= 4 is 5.71 Å². The summed E-state index contributed by atoms with van der Waals surface area (Å²) in [5.41, 5.74) is 2.15. The molecule has 0 aliphatic heterocycles. The van der Waals surface area contributed by atoms with Gasteiger partial charge in [-0.3, -0.25) is 4.99 Å². The summed E-state index contributed by atoms with van der Waals surface area (Å²) in [7, 11) is 1.79. The molecule has 1 nitrogen and oxygen atoms in total. The molecule has 0 radical (unpaired) electrons. The van der Waals surface area contributed by atoms with Crippen LogP contribution in [0.25, 0.3) is 0 Å². The Morgan fingerprint density at radius 2 is 2.09 bits per heavy atom. The van der Waals surface area contributed by atoms with E-state index in [1.54, 1.807) is 13.1 Å². The van der Waals surface area contributed by atoms with Crippen molar-refractivity contribution < 1.29 is 0 Å². The Morgan fingerprint density at radius 3 is 2.45 bits per heavy atom. The van der Waals surface area contributed by atoms with Crippen molar-refractivity contribution in [3.05, 3.63) is 36.5 Å². The van der Waals surface area contributed by atoms with Crippen molar-refractivity contribution in [3.63, 3.8) is 0 Å². The van der Waals surface area contributed by atoms with Crippen molar-refractivity contribution in [2.24, 2.45) is 4.99 Å². The first-order chi connectivity index (χ1) is 5.26. The largest absolute Gasteiger partial charge is 0.293 e. The molecule has 0 spiro atoms. The van der Waals surface area contributed by atoms with Gasteiger partial charge in [0, 0.05) is 12.8 Å². The second-order valence-corrected chi connectivity index (χ2v) is 2.17. The second kappa shape index (κ2) is 5.66. The van der Waals surface area contributed by atoms with Crippen molar-refractivity contribution in [1.82, 2.24) is 0 Å². The van der Waals surface area contributed by atoms with Crippen molar-refractivity contribution in [2.45, 2.75) is 13.8 Å². The van der Waals surface area contributed by atoms with Crippen LogP contribution in [0, 0.1) is 0 Å². The van der Waals surface area contributed by atoms with E-state index in [4.69, 9.17) is 0 Å². The van der Waals surface area contributed by atoms with Crippen molar-refractivity contribution in [3.8, 4) is 0 Å². The lowest BCUT2D eigenvalue weighted by Crippen LogP contribution is -1.93. The summed E-state index contributed by atoms with van der Waals surface area (Å²) >= 11 is 0. The van der Waals surface area contributed by atoms with Crippen LogP contribution >= 0.6 is 0 Å². The van der Waals surface area contributed by atoms with Crippen LogP contribution in [0.4, 0.5) is 0 Å². The fourth-order valence-corrected chi connectivity index (χ4v) is 0.732. The van der Waals surface area contributed by atoms with Crippen molar-refractivity contribution in [2.75, 3.05) is 7.05 Å². The Labute approximate surface area is 68.9 Å². The Bertz CT molecular complexity index is 207. The molecule has 0 N–H and O–H groups in total. The highest BCUT2D eigenvalue weighted by Gasteiger charge is 1.92. The van der Waals surface area contributed by atoms with E-state index in [0.717, 1.165) is 11.3 Å². The maximum atomic E-state index is 4.08. The molecule has 1 heteroatoms. The average Bonchev–Trinajstić information content (AvgIpc) is 2.03. The molecule has 0 aromatic heterocycles. The van der Waals surface area contributed by atoms with Crippen LogP contribution in [0.5, 0.6) is 0 Å². The predicted octanol–water partition coefficient (Wildman–Crippen LogP) is 2.77. The molecule has 0 rings (SSSR count). The highest BCUT2D eigenvalue weighted by Crippen LogP contribution is 2.00. The van der Waals surface area contributed by atoms with Gasteiger partial charge >= 0.3 is 0 Å². The molecule has 0 aromatic carbocycles. The summed E-state index contributed by atoms with van der Waals surface area (Å²) in [6.07, 6.45) is 7.72. The zero-order valence-corrected chi connectivity index (χ0v) is 7.46. The standard InChI is InChI=1S/C10H15N/c1-5-7-10(8-6-2)9(3)11-4/h5-8H,1H2,2-4H3/b8-6?,10-7+,11-9?. The molecule has 0 heterocycles. The molecule has 60 valence electrons. The van der Waals surface area contributed by atoms with Crippen LogP contribution in [0.1, 0.15) is 13.8 Å². The van der Waals surface area contributed by atoms with Gasteiger partial charge in [0.2, 0.25) is 0 Å². The Kier molecular flexibility index (Phi) is 5.09. The summed E-state index contributed by atoms with van der Waals surface area (Å²) in [6.45, 7) is 7.60. The summed E-state index contributed by atoms with van der Waals surface area (Å²) in [5.74, 6) is 0. The Morgan fingerprint density at radius 1 is 1.45 bits per heavy atom. The third-order valence-electron chi connectivity index (χ3n) is 1.40. The first-order valence-corrected chi connectivity index (χ1v) is 3.65. The minimum Gasteiger partial charge on any atom is -0.293 e. The van der Waals surface area contributed by atoms with E-state index in [1.807, 2.05) is 32.1 Å². The molecule has 0 atom stereocenters. The van der Waals surface area contributed by atoms with E-state index in [9.17, 15) is 0 Å². The second-order valence-electron chi connectivity index (χ2n) is 2.17. The fourth-order valence-electron chi connectivity index (χ4n) is 0.732. The summed E-state index contributed by atoms with van der Waals surface area (Å²) < 4.78 is 0. The average molecular weight is 149 g/mol. The van der Waals surface area contributed by atoms with Gasteiger partial charge in [-0.05, 0) is 19.4 Å². The number of hydrogen-bond donors (Lipinski definition) is 0. The molecule has 0 bridgehead atoms. The normalized spacial score (nSPS) is 14.1. The molecule has 0 saturated heterocycles. The first kappa shape index (κ1) is 9.89. The highest BCUT2D eigenvalue weighted by molar-refractivity contribution is 6.00. The Balaban J connectivity index is 4.61. The minimum atomic E-state index is 1.03. The van der Waals surface area contributed by atoms with E-state index in [-0.39, 0.29) is 0 Å². The monoisotopic (exact) mass is 149 g/mol. The minimum absolute atomic E-state index is 1.03. The SMILES string of the molecule is C=C/C=C(\C=CC)C(C)=NC. The van der Waals surface area contributed by atoms with E-state index in [0.29, 0.717) is 0 Å². The van der Waals surface area contributed by atoms with E-state index < -0.39 is 0 Å². The third-order valence-corrected chi connectivity index (χ3v) is 1.40. The van der Waals surface area contributed by atoms with Crippen LogP contribution in [0.3, 0.4) is 0 Å². The lowest BCUT2D eigenvalue weighted by molar-refractivity contribution is 1.41. The quantitative estimate of drug-likeness (QED) is 0.432. The molecule has 0 amide bonds. The lowest BCUT2D eigenvalue weighted by atomic mass is 10.1. The van der Waals surface area contributed by atoms with Gasteiger partial charge in [-0.1, -0.05) is 30.9 Å². The van der Waals surface area contributed by atoms with E-state index in [2.05, 4.69) is 11.6 Å². The maximum Gasteiger partial charge on any atom is 0.0386 e. The predicted molar refractivity (Wildman–Crippen MR) is 52.1 cm³/mol. The van der Waals surface area contributed by atoms with E-state index >= 15 is 0 Å². The molecular weight excluding hydrogens is 134 g/mol. The molecule has 11 heavy (non-hydrogen) atoms. The first-order valence-electron chi connectivity index (χ1n) is 3.65. The lowest BCUT2D eigenvalue weighted by Gasteiger charge is -1.97. The zero-order chi connectivity index (χ0) is 8.69. The zero-order valence-electron chi connectivity index (χ0n) is 7.46. The van der Waals surface area contributed by atoms with Crippen LogP contribution in [0.2, 0.25) is 0 Å². The smallest absolute Gasteiger partial charge is 0.0386 e. The van der Waals surface area contributed by atoms with Gasteiger partial charge in [0.1, 0.15) is 0 Å². The fraction of sp³-hybridized carbons (Fsp3) is 0.300. The molecule has 0 aliphatic rings. The van der Waals surface area contributed by atoms with Gasteiger partial charge in [-0.2, -0.15) is 0 Å². The third kappa shape index (κ3) is 3.56. The van der Waals surface area contributed by atoms with Crippen LogP contribution in [-0.2, 0) is 0 Å². The van der Waals surface area contributed by atoms with Crippen LogP contribution < -0.4 is 0 Å². The van der Waals surface area contributed by atoms with Gasteiger partial charge in [0.05, 0.1) is 0 Å². The number of rotatable bonds is 3. The Hall–Kier alpha value is -1.11. The van der Waals surface area contributed by atoms with Gasteiger partial charge in [0.25, 0.3) is 0 Å². The molecule has 0 fully saturated rings. The maximum absolute atomic E-state index is 4.08. The van der Waals surface area contributed by atoms with Crippen LogP contribution in [0.15, 0.2) is 41.4 Å². The van der Waals surface area contributed by atoms with Gasteiger partial charge in [-0.25, -0.2) is 0 Å². The van der Waals surface area contributed by atoms with Gasteiger partial charge < -0.3 is 0 Å². The number of nitrogens with zero attached hydrogens (tertiary/aromatic N) is 1. The summed E-state index contributed by atoms with van der Waals surface area (Å²) in [6, 6.07) is 0. The molecule has 0 aromatic rings. The highest BCUT2D eigenvalue weighted by atomic mass is 14.7. The summed E-state index contributed by atoms with van der Waals surface area (Å²) in [4.78, 5) is 4.08. The number of aliphatic imine (C=N–C) groups is 1.